The number of hydrogen-bond donors (Lipinski definition) is 1. The van der Waals surface area contributed by atoms with Crippen molar-refractivity contribution in [2.45, 2.75) is 26.8 Å². The molecule has 19 heavy (non-hydrogen) atoms. The van der Waals surface area contributed by atoms with Gasteiger partial charge in [0, 0.05) is 21.1 Å². The summed E-state index contributed by atoms with van der Waals surface area (Å²) in [6, 6.07) is 5.55. The molecule has 0 aliphatic heterocycles. The molecule has 1 aromatic carbocycles. The normalized spacial score (nSPS) is 12.2. The van der Waals surface area contributed by atoms with E-state index in [9.17, 15) is 4.79 Å². The van der Waals surface area contributed by atoms with Gasteiger partial charge in [0.05, 0.1) is 6.04 Å². The lowest BCUT2D eigenvalue weighted by Crippen LogP contribution is -2.27. The summed E-state index contributed by atoms with van der Waals surface area (Å²) in [5.74, 6) is -0.0702. The highest BCUT2D eigenvalue weighted by Crippen LogP contribution is 2.22. The van der Waals surface area contributed by atoms with Crippen molar-refractivity contribution in [2.24, 2.45) is 0 Å². The van der Waals surface area contributed by atoms with E-state index in [2.05, 4.69) is 26.2 Å². The minimum absolute atomic E-state index is 0.0702. The molecule has 1 heterocycles. The number of hydrogen-bond acceptors (Lipinski definition) is 3. The van der Waals surface area contributed by atoms with Crippen LogP contribution in [0.15, 0.2) is 28.9 Å². The Morgan fingerprint density at radius 2 is 2.16 bits per heavy atom. The van der Waals surface area contributed by atoms with E-state index >= 15 is 0 Å². The summed E-state index contributed by atoms with van der Waals surface area (Å²) in [4.78, 5) is 17.7. The van der Waals surface area contributed by atoms with Crippen LogP contribution in [0, 0.1) is 13.8 Å². The molecule has 0 bridgehead atoms. The third-order valence-electron chi connectivity index (χ3n) is 2.87. The Balaban J connectivity index is 2.15. The zero-order valence-electron chi connectivity index (χ0n) is 11.0. The van der Waals surface area contributed by atoms with Gasteiger partial charge in [0.1, 0.15) is 5.01 Å². The van der Waals surface area contributed by atoms with Gasteiger partial charge in [-0.05, 0) is 38.5 Å². The summed E-state index contributed by atoms with van der Waals surface area (Å²) >= 11 is 5.04. The number of carbonyl (C=O) groups excluding carboxylic acids is 1. The fraction of sp³-hybridized carbons (Fsp3) is 0.286. The van der Waals surface area contributed by atoms with Gasteiger partial charge in [0.2, 0.25) is 0 Å². The Morgan fingerprint density at radius 1 is 1.42 bits per heavy atom. The molecule has 0 saturated heterocycles. The zero-order valence-corrected chi connectivity index (χ0v) is 13.4. The van der Waals surface area contributed by atoms with Crippen molar-refractivity contribution in [3.63, 3.8) is 0 Å². The van der Waals surface area contributed by atoms with E-state index in [0.717, 1.165) is 19.9 Å². The van der Waals surface area contributed by atoms with Crippen molar-refractivity contribution in [1.29, 1.82) is 0 Å². The fourth-order valence-electron chi connectivity index (χ4n) is 1.76. The van der Waals surface area contributed by atoms with Crippen molar-refractivity contribution < 1.29 is 4.79 Å². The summed E-state index contributed by atoms with van der Waals surface area (Å²) in [5, 5.41) is 3.91. The highest BCUT2D eigenvalue weighted by molar-refractivity contribution is 9.10. The monoisotopic (exact) mass is 338 g/mol. The molecule has 2 rings (SSSR count). The molecular weight excluding hydrogens is 324 g/mol. The third kappa shape index (κ3) is 3.22. The van der Waals surface area contributed by atoms with E-state index in [0.29, 0.717) is 5.56 Å². The Labute approximate surface area is 125 Å². The molecule has 3 nitrogen and oxygen atoms in total. The number of thiazole rings is 1. The molecule has 1 aromatic heterocycles. The summed E-state index contributed by atoms with van der Waals surface area (Å²) in [7, 11) is 0. The number of benzene rings is 1. The van der Waals surface area contributed by atoms with Crippen molar-refractivity contribution >= 4 is 33.2 Å². The van der Waals surface area contributed by atoms with Gasteiger partial charge >= 0.3 is 0 Å². The van der Waals surface area contributed by atoms with Crippen LogP contribution in [0.25, 0.3) is 0 Å². The molecule has 1 atom stereocenters. The summed E-state index contributed by atoms with van der Waals surface area (Å²) in [5.41, 5.74) is 1.64. The molecule has 0 saturated carbocycles. The molecule has 0 aliphatic rings. The lowest BCUT2D eigenvalue weighted by Gasteiger charge is -2.13. The second kappa shape index (κ2) is 5.84. The minimum Gasteiger partial charge on any atom is -0.343 e. The third-order valence-corrected chi connectivity index (χ3v) is 4.82. The standard InChI is InChI=1S/C14H15BrN2OS/c1-8-7-16-14(19-8)10(3)17-13(18)11-5-4-6-12(15)9(11)2/h4-7,10H,1-3H3,(H,17,18). The Morgan fingerprint density at radius 3 is 2.79 bits per heavy atom. The molecule has 1 unspecified atom stereocenters. The topological polar surface area (TPSA) is 42.0 Å². The molecule has 0 aliphatic carbocycles. The van der Waals surface area contributed by atoms with Gasteiger partial charge < -0.3 is 5.32 Å². The van der Waals surface area contributed by atoms with E-state index in [4.69, 9.17) is 0 Å². The van der Waals surface area contributed by atoms with Gasteiger partial charge in [0.15, 0.2) is 0 Å². The van der Waals surface area contributed by atoms with Gasteiger partial charge in [-0.15, -0.1) is 11.3 Å². The van der Waals surface area contributed by atoms with Gasteiger partial charge in [0.25, 0.3) is 5.91 Å². The Bertz CT molecular complexity index is 609. The number of rotatable bonds is 3. The number of aryl methyl sites for hydroxylation is 1. The number of nitrogens with one attached hydrogen (secondary N) is 1. The second-order valence-electron chi connectivity index (χ2n) is 4.42. The summed E-state index contributed by atoms with van der Waals surface area (Å²) in [6.07, 6.45) is 1.83. The molecule has 0 radical (unpaired) electrons. The van der Waals surface area contributed by atoms with Crippen molar-refractivity contribution in [3.8, 4) is 0 Å². The minimum atomic E-state index is -0.0791. The predicted molar refractivity (Wildman–Crippen MR) is 81.6 cm³/mol. The first-order valence-electron chi connectivity index (χ1n) is 5.97. The van der Waals surface area contributed by atoms with E-state index in [1.54, 1.807) is 11.3 Å². The summed E-state index contributed by atoms with van der Waals surface area (Å²) in [6.45, 7) is 5.88. The van der Waals surface area contributed by atoms with Gasteiger partial charge in [-0.1, -0.05) is 22.0 Å². The van der Waals surface area contributed by atoms with Crippen LogP contribution in [0.3, 0.4) is 0 Å². The highest BCUT2D eigenvalue weighted by Gasteiger charge is 2.16. The number of aromatic nitrogens is 1. The Kier molecular flexibility index (Phi) is 4.37. The molecule has 0 fully saturated rings. The van der Waals surface area contributed by atoms with Crippen LogP contribution in [0.5, 0.6) is 0 Å². The van der Waals surface area contributed by atoms with Gasteiger partial charge in [-0.2, -0.15) is 0 Å². The Hall–Kier alpha value is -1.20. The summed E-state index contributed by atoms with van der Waals surface area (Å²) < 4.78 is 0.942. The number of carbonyl (C=O) groups is 1. The van der Waals surface area contributed by atoms with E-state index in [1.165, 1.54) is 0 Å². The number of amides is 1. The van der Waals surface area contributed by atoms with Crippen molar-refractivity contribution in [1.82, 2.24) is 10.3 Å². The largest absolute Gasteiger partial charge is 0.343 e. The lowest BCUT2D eigenvalue weighted by atomic mass is 10.1. The molecule has 100 valence electrons. The first-order chi connectivity index (χ1) is 8.99. The second-order valence-corrected chi connectivity index (χ2v) is 6.54. The highest BCUT2D eigenvalue weighted by atomic mass is 79.9. The molecule has 2 aromatic rings. The van der Waals surface area contributed by atoms with Crippen LogP contribution in [0.1, 0.15) is 38.8 Å². The molecular formula is C14H15BrN2OS. The van der Waals surface area contributed by atoms with Crippen LogP contribution < -0.4 is 5.32 Å². The van der Waals surface area contributed by atoms with Crippen LogP contribution in [0.2, 0.25) is 0 Å². The lowest BCUT2D eigenvalue weighted by molar-refractivity contribution is 0.0939. The fourth-order valence-corrected chi connectivity index (χ4v) is 2.90. The predicted octanol–water partition coefficient (Wildman–Crippen LogP) is 4.01. The van der Waals surface area contributed by atoms with Crippen LogP contribution in [0.4, 0.5) is 0 Å². The van der Waals surface area contributed by atoms with Crippen molar-refractivity contribution in [2.75, 3.05) is 0 Å². The van der Waals surface area contributed by atoms with Crippen LogP contribution in [-0.2, 0) is 0 Å². The number of nitrogens with zero attached hydrogens (tertiary/aromatic N) is 1. The molecule has 1 amide bonds. The van der Waals surface area contributed by atoms with Crippen molar-refractivity contribution in [3.05, 3.63) is 49.9 Å². The first-order valence-corrected chi connectivity index (χ1v) is 7.58. The molecule has 1 N–H and O–H groups in total. The zero-order chi connectivity index (χ0) is 14.0. The maximum Gasteiger partial charge on any atom is 0.252 e. The van der Waals surface area contributed by atoms with Crippen LogP contribution >= 0.6 is 27.3 Å². The van der Waals surface area contributed by atoms with E-state index in [-0.39, 0.29) is 11.9 Å². The maximum absolute atomic E-state index is 12.3. The molecule has 0 spiro atoms. The SMILES string of the molecule is Cc1cnc(C(C)NC(=O)c2cccc(Br)c2C)s1. The van der Waals surface area contributed by atoms with Crippen LogP contribution in [-0.4, -0.2) is 10.9 Å². The molecule has 5 heteroatoms. The van der Waals surface area contributed by atoms with E-state index in [1.807, 2.05) is 45.2 Å². The number of halogens is 1. The van der Waals surface area contributed by atoms with Gasteiger partial charge in [-0.3, -0.25) is 4.79 Å². The quantitative estimate of drug-likeness (QED) is 0.918. The van der Waals surface area contributed by atoms with E-state index < -0.39 is 0 Å². The smallest absolute Gasteiger partial charge is 0.252 e. The van der Waals surface area contributed by atoms with Gasteiger partial charge in [-0.25, -0.2) is 4.98 Å². The average Bonchev–Trinajstić information content (AvgIpc) is 2.79. The average molecular weight is 339 g/mol. The first kappa shape index (κ1) is 14.2. The maximum atomic E-state index is 12.3.